The molecule has 247 valence electrons. The van der Waals surface area contributed by atoms with Gasteiger partial charge in [-0.3, -0.25) is 0 Å². The molecule has 6 rings (SSSR count). The van der Waals surface area contributed by atoms with Crippen LogP contribution in [0.1, 0.15) is 54.4 Å². The number of pyridine rings is 2. The van der Waals surface area contributed by atoms with Crippen LogP contribution in [0.25, 0.3) is 33.6 Å². The molecule has 0 fully saturated rings. The molecule has 0 aliphatic carbocycles. The maximum Gasteiger partial charge on any atom is 0.0799 e. The van der Waals surface area contributed by atoms with Gasteiger partial charge in [0, 0.05) is 42.5 Å². The second-order valence-electron chi connectivity index (χ2n) is 13.8. The third-order valence-corrected chi connectivity index (χ3v) is 9.80. The minimum absolute atomic E-state index is 0. The molecule has 4 heteroatoms. The van der Waals surface area contributed by atoms with Crippen molar-refractivity contribution in [3.05, 3.63) is 163 Å². The van der Waals surface area contributed by atoms with E-state index in [0.29, 0.717) is 5.56 Å². The second-order valence-corrected chi connectivity index (χ2v) is 18.8. The molecule has 0 bridgehead atoms. The molecule has 0 amide bonds. The molecule has 0 spiro atoms. The van der Waals surface area contributed by atoms with Crippen molar-refractivity contribution in [2.45, 2.75) is 59.6 Å². The number of hydrogen-bond donors (Lipinski definition) is 0. The first-order valence-electron chi connectivity index (χ1n) is 17.7. The molecule has 0 saturated heterocycles. The van der Waals surface area contributed by atoms with E-state index in [0.717, 1.165) is 44.8 Å². The molecule has 1 radical (unpaired) electrons. The van der Waals surface area contributed by atoms with E-state index in [2.05, 4.69) is 55.0 Å². The summed E-state index contributed by atoms with van der Waals surface area (Å²) in [4.78, 5) is 9.11. The smallest absolute Gasteiger partial charge is 0.0799 e. The van der Waals surface area contributed by atoms with Gasteiger partial charge in [0.05, 0.1) is 8.07 Å². The van der Waals surface area contributed by atoms with Gasteiger partial charge in [-0.05, 0) is 45.6 Å². The maximum absolute atomic E-state index is 9.17. The Kier molecular flexibility index (Phi) is 11.2. The molecule has 1 atom stereocenters. The minimum atomic E-state index is -1.64. The number of hydrogen-bond acceptors (Lipinski definition) is 2. The fourth-order valence-corrected chi connectivity index (χ4v) is 6.91. The zero-order chi connectivity index (χ0) is 36.2. The van der Waals surface area contributed by atoms with Crippen LogP contribution in [0.15, 0.2) is 134 Å². The average molecular weight is 826 g/mol. The van der Waals surface area contributed by atoms with Crippen LogP contribution in [-0.2, 0) is 26.5 Å². The van der Waals surface area contributed by atoms with Crippen molar-refractivity contribution in [3.63, 3.8) is 0 Å². The third kappa shape index (κ3) is 10.0. The summed E-state index contributed by atoms with van der Waals surface area (Å²) < 4.78 is 26.1. The van der Waals surface area contributed by atoms with E-state index in [1.165, 1.54) is 5.19 Å². The molecule has 4 aromatic carbocycles. The fraction of sp³-hybridized carbons (Fsp3) is 0.227. The summed E-state index contributed by atoms with van der Waals surface area (Å²) in [5.74, 6) is -0.816. The Bertz CT molecular complexity index is 2000. The molecule has 0 N–H and O–H groups in total. The van der Waals surface area contributed by atoms with Gasteiger partial charge < -0.3 is 9.97 Å². The van der Waals surface area contributed by atoms with E-state index in [-0.39, 0.29) is 20.1 Å². The fourth-order valence-electron chi connectivity index (χ4n) is 5.39. The first-order valence-corrected chi connectivity index (χ1v) is 19.7. The van der Waals surface area contributed by atoms with Crippen LogP contribution in [0.5, 0.6) is 0 Å². The standard InChI is InChI=1S/C22H24NSi.C22H22N.Ir/c1-17(18-11-7-5-8-12-18)20-15-21(19-13-9-6-10-14-19)23-16-22(20)24(2,3)4;1-22(2,3)16-17-13-14-23-21(15-17)20-11-9-19(10-12-20)18-7-5-4-6-8-18;/h5-13,15-17H,1-4H3;4-11,13-15H,16H2,1-3H3;/q2*-1;/i17D;16D2;. The molecule has 2 aromatic heterocycles. The quantitative estimate of drug-likeness (QED) is 0.118. The van der Waals surface area contributed by atoms with Gasteiger partial charge in [-0.1, -0.05) is 137 Å². The number of rotatable bonds is 7. The van der Waals surface area contributed by atoms with E-state index in [4.69, 9.17) is 7.73 Å². The van der Waals surface area contributed by atoms with Crippen LogP contribution in [0.4, 0.5) is 0 Å². The zero-order valence-corrected chi connectivity index (χ0v) is 32.3. The first-order chi connectivity index (χ1) is 23.6. The van der Waals surface area contributed by atoms with Crippen molar-refractivity contribution in [1.82, 2.24) is 9.97 Å². The van der Waals surface area contributed by atoms with Crippen LogP contribution in [0, 0.1) is 17.5 Å². The largest absolute Gasteiger partial charge is 0.305 e. The Morgan fingerprint density at radius 3 is 2.00 bits per heavy atom. The topological polar surface area (TPSA) is 25.8 Å². The molecule has 2 nitrogen and oxygen atoms in total. The Morgan fingerprint density at radius 1 is 0.750 bits per heavy atom. The van der Waals surface area contributed by atoms with E-state index in [1.807, 2.05) is 131 Å². The van der Waals surface area contributed by atoms with Crippen LogP contribution < -0.4 is 5.19 Å². The Hall–Kier alpha value is -3.95. The predicted molar refractivity (Wildman–Crippen MR) is 203 cm³/mol. The average Bonchev–Trinajstić information content (AvgIpc) is 3.12. The van der Waals surface area contributed by atoms with Crippen molar-refractivity contribution in [1.29, 1.82) is 0 Å². The molecule has 0 aliphatic rings. The van der Waals surface area contributed by atoms with Crippen molar-refractivity contribution >= 4 is 13.3 Å². The number of aromatic nitrogens is 2. The Morgan fingerprint density at radius 2 is 1.40 bits per heavy atom. The van der Waals surface area contributed by atoms with Gasteiger partial charge in [0.25, 0.3) is 0 Å². The summed E-state index contributed by atoms with van der Waals surface area (Å²) in [5.41, 5.74) is 7.92. The number of benzene rings is 4. The van der Waals surface area contributed by atoms with Crippen molar-refractivity contribution in [3.8, 4) is 33.6 Å². The molecule has 48 heavy (non-hydrogen) atoms. The van der Waals surface area contributed by atoms with Crippen LogP contribution in [-0.4, -0.2) is 18.0 Å². The zero-order valence-electron chi connectivity index (χ0n) is 31.9. The molecule has 1 unspecified atom stereocenters. The summed E-state index contributed by atoms with van der Waals surface area (Å²) in [6, 6.07) is 46.3. The molecule has 0 aliphatic heterocycles. The van der Waals surface area contributed by atoms with Crippen molar-refractivity contribution in [2.75, 3.05) is 0 Å². The van der Waals surface area contributed by atoms with Gasteiger partial charge in [0.15, 0.2) is 0 Å². The van der Waals surface area contributed by atoms with Gasteiger partial charge >= 0.3 is 0 Å². The maximum atomic E-state index is 9.17. The number of nitrogens with zero attached hydrogens (tertiary/aromatic N) is 2. The second kappa shape index (κ2) is 16.4. The molecule has 2 heterocycles. The third-order valence-electron chi connectivity index (χ3n) is 7.78. The van der Waals surface area contributed by atoms with E-state index >= 15 is 0 Å². The molecular weight excluding hydrogens is 777 g/mol. The van der Waals surface area contributed by atoms with E-state index in [1.54, 1.807) is 12.3 Å². The van der Waals surface area contributed by atoms with Gasteiger partial charge in [0.2, 0.25) is 0 Å². The molecular formula is C44H46IrN2Si-2. The van der Waals surface area contributed by atoms with Gasteiger partial charge in [0.1, 0.15) is 0 Å². The molecule has 0 saturated carbocycles. The predicted octanol–water partition coefficient (Wildman–Crippen LogP) is 11.0. The summed E-state index contributed by atoms with van der Waals surface area (Å²) >= 11 is 0. The molecule has 6 aromatic rings. The van der Waals surface area contributed by atoms with Crippen molar-refractivity contribution < 1.29 is 24.2 Å². The SMILES string of the molecule is [2H]C(C)(c1ccccc1)c1cc(-c2[c-]cccc2)ncc1[Si](C)(C)C.[2H]C([2H])(c1ccnc(-c2[c-]cc(-c3ccccc3)cc2)c1)C(C)(C)C.[Ir]. The van der Waals surface area contributed by atoms with Crippen LogP contribution in [0.2, 0.25) is 19.6 Å². The van der Waals surface area contributed by atoms with Crippen LogP contribution in [0.3, 0.4) is 0 Å². The summed E-state index contributed by atoms with van der Waals surface area (Å²) in [6.07, 6.45) is 2.23. The van der Waals surface area contributed by atoms with Gasteiger partial charge in [-0.15, -0.1) is 65.7 Å². The Balaban J connectivity index is 0.000000224. The summed E-state index contributed by atoms with van der Waals surface area (Å²) in [7, 11) is -1.64. The normalized spacial score (nSPS) is 13.8. The summed E-state index contributed by atoms with van der Waals surface area (Å²) in [6.45, 7) is 14.6. The van der Waals surface area contributed by atoms with Crippen LogP contribution >= 0.6 is 0 Å². The monoisotopic (exact) mass is 826 g/mol. The Labute approximate surface area is 307 Å². The van der Waals surface area contributed by atoms with Gasteiger partial charge in [-0.2, -0.15) is 0 Å². The van der Waals surface area contributed by atoms with Crippen molar-refractivity contribution in [2.24, 2.45) is 5.41 Å². The van der Waals surface area contributed by atoms with E-state index < -0.39 is 25.8 Å². The summed E-state index contributed by atoms with van der Waals surface area (Å²) in [5, 5.41) is 1.24. The van der Waals surface area contributed by atoms with E-state index in [9.17, 15) is 1.37 Å². The first kappa shape index (κ1) is 32.6. The minimum Gasteiger partial charge on any atom is -0.305 e. The van der Waals surface area contributed by atoms with Gasteiger partial charge in [-0.25, -0.2) is 0 Å².